The molecule has 1 atom stereocenters. The predicted octanol–water partition coefficient (Wildman–Crippen LogP) is 3.47. The van der Waals surface area contributed by atoms with Gasteiger partial charge in [-0.05, 0) is 60.8 Å². The van der Waals surface area contributed by atoms with Gasteiger partial charge in [-0.3, -0.25) is 0 Å². The molecule has 3 aromatic rings. The van der Waals surface area contributed by atoms with Crippen LogP contribution in [0.4, 0.5) is 0 Å². The predicted molar refractivity (Wildman–Crippen MR) is 96.5 cm³/mol. The van der Waals surface area contributed by atoms with E-state index in [0.29, 0.717) is 5.56 Å². The average molecular weight is 354 g/mol. The van der Waals surface area contributed by atoms with Gasteiger partial charge in [0.05, 0.1) is 18.9 Å². The second-order valence-electron chi connectivity index (χ2n) is 6.16. The largest absolute Gasteiger partial charge is 0.611 e. The zero-order valence-electron chi connectivity index (χ0n) is 13.8. The molecule has 0 amide bonds. The minimum Gasteiger partial charge on any atom is -0.611 e. The number of carbonyl (C=O) groups excluding carboxylic acids is 1. The van der Waals surface area contributed by atoms with Crippen LogP contribution in [0.5, 0.6) is 0 Å². The molecule has 1 saturated carbocycles. The van der Waals surface area contributed by atoms with E-state index in [1.54, 1.807) is 18.3 Å². The number of benzene rings is 1. The number of rotatable bonds is 4. The summed E-state index contributed by atoms with van der Waals surface area (Å²) in [6, 6.07) is 11.1. The first kappa shape index (κ1) is 16.2. The average Bonchev–Trinajstić information content (AvgIpc) is 3.02. The van der Waals surface area contributed by atoms with E-state index in [1.165, 1.54) is 13.5 Å². The number of hydrogen-bond acceptors (Lipinski definition) is 4. The van der Waals surface area contributed by atoms with Crippen LogP contribution in [0.3, 0.4) is 0 Å². The summed E-state index contributed by atoms with van der Waals surface area (Å²) in [5, 5.41) is 1.24. The Hall–Kier alpha value is -2.31. The number of fused-ring (bicyclic) bond motifs is 1. The van der Waals surface area contributed by atoms with Gasteiger partial charge in [0.1, 0.15) is 10.9 Å². The standard InChI is InChI=1S/C19H18N2O3S/c1-24-19(22)13-5-7-15(8-6-13)21-10-9-14-11-17(12-20-18(14)21)25(23)16-3-2-4-16/h5-12,16H,2-4H2,1H3/t25-/m1/s1. The van der Waals surface area contributed by atoms with Gasteiger partial charge in [-0.25, -0.2) is 9.78 Å². The van der Waals surface area contributed by atoms with Crippen LogP contribution in [0, 0.1) is 0 Å². The lowest BCUT2D eigenvalue weighted by Gasteiger charge is -2.27. The summed E-state index contributed by atoms with van der Waals surface area (Å²) < 4.78 is 19.2. The topological polar surface area (TPSA) is 67.2 Å². The smallest absolute Gasteiger partial charge is 0.337 e. The van der Waals surface area contributed by atoms with Crippen LogP contribution in [0.1, 0.15) is 29.6 Å². The fourth-order valence-electron chi connectivity index (χ4n) is 2.98. The van der Waals surface area contributed by atoms with Crippen LogP contribution in [-0.2, 0) is 15.9 Å². The molecule has 1 aromatic carbocycles. The van der Waals surface area contributed by atoms with Crippen molar-refractivity contribution in [3.8, 4) is 5.69 Å². The maximum Gasteiger partial charge on any atom is 0.337 e. The van der Waals surface area contributed by atoms with E-state index in [-0.39, 0.29) is 11.2 Å². The van der Waals surface area contributed by atoms with Crippen LogP contribution < -0.4 is 0 Å². The van der Waals surface area contributed by atoms with Crippen molar-refractivity contribution in [1.82, 2.24) is 9.55 Å². The number of hydrogen-bond donors (Lipinski definition) is 0. The lowest BCUT2D eigenvalue weighted by molar-refractivity contribution is 0.0600. The molecule has 4 rings (SSSR count). The molecule has 128 valence electrons. The van der Waals surface area contributed by atoms with Gasteiger partial charge in [-0.15, -0.1) is 0 Å². The normalized spacial score (nSPS) is 15.8. The highest BCUT2D eigenvalue weighted by Gasteiger charge is 2.31. The van der Waals surface area contributed by atoms with Gasteiger partial charge in [-0.2, -0.15) is 0 Å². The van der Waals surface area contributed by atoms with Crippen molar-refractivity contribution in [3.63, 3.8) is 0 Å². The molecule has 6 heteroatoms. The Kier molecular flexibility index (Phi) is 4.23. The third-order valence-electron chi connectivity index (χ3n) is 4.66. The van der Waals surface area contributed by atoms with Gasteiger partial charge in [0, 0.05) is 23.3 Å². The molecule has 1 aliphatic rings. The van der Waals surface area contributed by atoms with Crippen LogP contribution in [-0.4, -0.2) is 32.4 Å². The van der Waals surface area contributed by atoms with Crippen molar-refractivity contribution < 1.29 is 14.1 Å². The zero-order valence-corrected chi connectivity index (χ0v) is 14.7. The quantitative estimate of drug-likeness (QED) is 0.531. The molecule has 0 spiro atoms. The van der Waals surface area contributed by atoms with Crippen molar-refractivity contribution in [2.75, 3.05) is 7.11 Å². The lowest BCUT2D eigenvalue weighted by atomic mass is 10.00. The van der Waals surface area contributed by atoms with Gasteiger partial charge in [0.2, 0.25) is 0 Å². The van der Waals surface area contributed by atoms with Crippen molar-refractivity contribution in [2.24, 2.45) is 0 Å². The number of aromatic nitrogens is 2. The number of methoxy groups -OCH3 is 1. The summed E-state index contributed by atoms with van der Waals surface area (Å²) in [4.78, 5) is 16.9. The molecule has 0 radical (unpaired) electrons. The lowest BCUT2D eigenvalue weighted by Crippen LogP contribution is -2.28. The molecule has 0 saturated heterocycles. The molecule has 0 bridgehead atoms. The first-order chi connectivity index (χ1) is 12.2. The number of carbonyl (C=O) groups is 1. The van der Waals surface area contributed by atoms with Crippen molar-refractivity contribution in [1.29, 1.82) is 0 Å². The van der Waals surface area contributed by atoms with E-state index in [4.69, 9.17) is 4.74 Å². The molecular weight excluding hydrogens is 336 g/mol. The minimum absolute atomic E-state index is 0.284. The van der Waals surface area contributed by atoms with E-state index in [0.717, 1.165) is 34.5 Å². The molecule has 5 nitrogen and oxygen atoms in total. The highest BCUT2D eigenvalue weighted by Crippen LogP contribution is 2.32. The summed E-state index contributed by atoms with van der Waals surface area (Å²) in [7, 11) is 1.37. The van der Waals surface area contributed by atoms with Gasteiger partial charge >= 0.3 is 5.97 Å². The fourth-order valence-corrected chi connectivity index (χ4v) is 4.52. The van der Waals surface area contributed by atoms with Gasteiger partial charge in [-0.1, -0.05) is 0 Å². The molecule has 0 unspecified atom stereocenters. The highest BCUT2D eigenvalue weighted by atomic mass is 32.2. The highest BCUT2D eigenvalue weighted by molar-refractivity contribution is 7.92. The Morgan fingerprint density at radius 3 is 2.68 bits per heavy atom. The third-order valence-corrected chi connectivity index (χ3v) is 6.42. The monoisotopic (exact) mass is 354 g/mol. The Morgan fingerprint density at radius 2 is 2.04 bits per heavy atom. The van der Waals surface area contributed by atoms with Crippen LogP contribution >= 0.6 is 0 Å². The number of nitrogens with zero attached hydrogens (tertiary/aromatic N) is 2. The minimum atomic E-state index is -0.965. The van der Waals surface area contributed by atoms with E-state index >= 15 is 0 Å². The summed E-state index contributed by atoms with van der Waals surface area (Å²) in [6.45, 7) is 0. The Labute approximate surface area is 148 Å². The second-order valence-corrected chi connectivity index (χ2v) is 7.89. The van der Waals surface area contributed by atoms with Gasteiger partial charge < -0.3 is 13.9 Å². The zero-order chi connectivity index (χ0) is 17.4. The van der Waals surface area contributed by atoms with Crippen LogP contribution in [0.15, 0.2) is 53.7 Å². The van der Waals surface area contributed by atoms with E-state index in [1.807, 2.05) is 35.0 Å². The second kappa shape index (κ2) is 6.54. The van der Waals surface area contributed by atoms with Crippen LogP contribution in [0.2, 0.25) is 0 Å². The first-order valence-electron chi connectivity index (χ1n) is 8.24. The van der Waals surface area contributed by atoms with Crippen molar-refractivity contribution in [2.45, 2.75) is 29.4 Å². The molecule has 0 N–H and O–H groups in total. The molecule has 1 aliphatic carbocycles. The Balaban J connectivity index is 1.65. The third kappa shape index (κ3) is 2.92. The fraction of sp³-hybridized carbons (Fsp3) is 0.263. The maximum absolute atomic E-state index is 12.5. The maximum atomic E-state index is 12.5. The molecule has 1 fully saturated rings. The van der Waals surface area contributed by atoms with E-state index in [2.05, 4.69) is 4.98 Å². The van der Waals surface area contributed by atoms with Crippen molar-refractivity contribution >= 4 is 28.2 Å². The molecule has 25 heavy (non-hydrogen) atoms. The Bertz CT molecular complexity index is 916. The summed E-state index contributed by atoms with van der Waals surface area (Å²) >= 11 is -0.965. The summed E-state index contributed by atoms with van der Waals surface area (Å²) in [6.07, 6.45) is 6.90. The SMILES string of the molecule is COC(=O)c1ccc(-n2ccc3cc([S@+]([O-])C4CCC4)cnc32)cc1. The summed E-state index contributed by atoms with van der Waals surface area (Å²) in [5.41, 5.74) is 2.22. The van der Waals surface area contributed by atoms with Crippen LogP contribution in [0.25, 0.3) is 16.7 Å². The van der Waals surface area contributed by atoms with Crippen molar-refractivity contribution in [3.05, 3.63) is 54.4 Å². The first-order valence-corrected chi connectivity index (χ1v) is 9.45. The van der Waals surface area contributed by atoms with Gasteiger partial charge in [0.15, 0.2) is 4.90 Å². The van der Waals surface area contributed by atoms with E-state index in [9.17, 15) is 9.35 Å². The molecule has 2 heterocycles. The number of ether oxygens (including phenoxy) is 1. The number of pyridine rings is 1. The van der Waals surface area contributed by atoms with Gasteiger partial charge in [0.25, 0.3) is 0 Å². The summed E-state index contributed by atoms with van der Waals surface area (Å²) in [5.74, 6) is -0.356. The molecule has 2 aromatic heterocycles. The molecule has 0 aliphatic heterocycles. The molecular formula is C19H18N2O3S. The van der Waals surface area contributed by atoms with E-state index < -0.39 is 11.2 Å². The number of esters is 1. The Morgan fingerprint density at radius 1 is 1.28 bits per heavy atom.